The molecular formula is C22H32O4S2Si. The highest BCUT2D eigenvalue weighted by molar-refractivity contribution is 7.92. The van der Waals surface area contributed by atoms with E-state index < -0.39 is 38.9 Å². The summed E-state index contributed by atoms with van der Waals surface area (Å²) in [6.45, 7) is 10.2. The van der Waals surface area contributed by atoms with Gasteiger partial charge in [-0.2, -0.15) is 0 Å². The van der Waals surface area contributed by atoms with Gasteiger partial charge in [0.2, 0.25) is 0 Å². The Hall–Kier alpha value is -1.44. The first-order valence-electron chi connectivity index (χ1n) is 9.91. The second-order valence-corrected chi connectivity index (χ2v) is 18.9. The second-order valence-electron chi connectivity index (χ2n) is 9.16. The summed E-state index contributed by atoms with van der Waals surface area (Å²) in [5.41, 5.74) is 0. The Morgan fingerprint density at radius 3 is 1.62 bits per heavy atom. The van der Waals surface area contributed by atoms with Crippen molar-refractivity contribution in [3.63, 3.8) is 0 Å². The lowest BCUT2D eigenvalue weighted by atomic mass is 9.95. The van der Waals surface area contributed by atoms with Gasteiger partial charge in [-0.25, -0.2) is 16.8 Å². The van der Waals surface area contributed by atoms with Crippen LogP contribution in [-0.4, -0.2) is 35.9 Å². The van der Waals surface area contributed by atoms with E-state index in [1.807, 2.05) is 13.8 Å². The molecule has 0 aromatic heterocycles. The summed E-state index contributed by atoms with van der Waals surface area (Å²) in [6, 6.07) is 17.3. The Balaban J connectivity index is 2.53. The standard InChI is InChI=1S/C22H32O4S2Si/c1-18(2)21(16-27(23,24)19-12-8-6-9-13-19)22(17-29(3,4)5)28(25,26)20-14-10-7-11-15-20/h6-15,18,21-22H,16-17H2,1-5H3/t21-,22-/m1/s1. The van der Waals surface area contributed by atoms with E-state index in [4.69, 9.17) is 0 Å². The first kappa shape index (κ1) is 23.8. The Morgan fingerprint density at radius 2 is 1.21 bits per heavy atom. The fraction of sp³-hybridized carbons (Fsp3) is 0.455. The van der Waals surface area contributed by atoms with Crippen LogP contribution in [0.4, 0.5) is 0 Å². The van der Waals surface area contributed by atoms with Gasteiger partial charge in [-0.15, -0.1) is 0 Å². The molecule has 0 spiro atoms. The van der Waals surface area contributed by atoms with Gasteiger partial charge in [-0.1, -0.05) is 69.9 Å². The van der Waals surface area contributed by atoms with Gasteiger partial charge < -0.3 is 0 Å². The molecule has 0 N–H and O–H groups in total. The lowest BCUT2D eigenvalue weighted by molar-refractivity contribution is 0.400. The van der Waals surface area contributed by atoms with Crippen molar-refractivity contribution in [2.24, 2.45) is 11.8 Å². The van der Waals surface area contributed by atoms with Crippen LogP contribution in [0.3, 0.4) is 0 Å². The van der Waals surface area contributed by atoms with Crippen LogP contribution in [0.15, 0.2) is 70.5 Å². The first-order chi connectivity index (χ1) is 13.3. The number of sulfone groups is 2. The SMILES string of the molecule is CC(C)[C@@H](CS(=O)(=O)c1ccccc1)[C@@H](C[Si](C)(C)C)S(=O)(=O)c1ccccc1. The second kappa shape index (κ2) is 9.14. The Labute approximate surface area is 177 Å². The van der Waals surface area contributed by atoms with E-state index in [1.54, 1.807) is 60.7 Å². The minimum Gasteiger partial charge on any atom is -0.224 e. The fourth-order valence-corrected chi connectivity index (χ4v) is 11.2. The molecule has 0 aliphatic carbocycles. The molecule has 7 heteroatoms. The van der Waals surface area contributed by atoms with E-state index in [0.29, 0.717) is 6.04 Å². The summed E-state index contributed by atoms with van der Waals surface area (Å²) in [4.78, 5) is 0.514. The molecule has 0 bridgehead atoms. The third kappa shape index (κ3) is 6.27. The zero-order valence-electron chi connectivity index (χ0n) is 17.9. The van der Waals surface area contributed by atoms with Gasteiger partial charge in [-0.3, -0.25) is 0 Å². The number of rotatable bonds is 9. The molecule has 0 aliphatic heterocycles. The highest BCUT2D eigenvalue weighted by Crippen LogP contribution is 2.34. The molecule has 0 radical (unpaired) electrons. The molecular weight excluding hydrogens is 420 g/mol. The van der Waals surface area contributed by atoms with Crippen molar-refractivity contribution in [2.75, 3.05) is 5.75 Å². The number of benzene rings is 2. The fourth-order valence-electron chi connectivity index (χ4n) is 3.59. The van der Waals surface area contributed by atoms with Crippen molar-refractivity contribution in [3.05, 3.63) is 60.7 Å². The molecule has 0 aliphatic rings. The summed E-state index contributed by atoms with van der Waals surface area (Å²) in [5, 5.41) is -0.727. The molecule has 0 unspecified atom stereocenters. The Kier molecular flexibility index (Phi) is 7.51. The van der Waals surface area contributed by atoms with Gasteiger partial charge >= 0.3 is 0 Å². The quantitative estimate of drug-likeness (QED) is 0.507. The minimum atomic E-state index is -3.66. The molecule has 0 saturated heterocycles. The summed E-state index contributed by atoms with van der Waals surface area (Å²) in [5.74, 6) is -0.749. The maximum absolute atomic E-state index is 13.6. The Morgan fingerprint density at radius 1 is 0.759 bits per heavy atom. The van der Waals surface area contributed by atoms with Gasteiger partial charge in [0, 0.05) is 8.07 Å². The van der Waals surface area contributed by atoms with Gasteiger partial charge in [0.05, 0.1) is 20.8 Å². The zero-order chi connectivity index (χ0) is 21.9. The molecule has 29 heavy (non-hydrogen) atoms. The third-order valence-electron chi connectivity index (χ3n) is 5.13. The van der Waals surface area contributed by atoms with Crippen molar-refractivity contribution in [1.82, 2.24) is 0 Å². The summed E-state index contributed by atoms with van der Waals surface area (Å²) in [7, 11) is -9.06. The van der Waals surface area contributed by atoms with Crippen LogP contribution in [0.25, 0.3) is 0 Å². The molecule has 0 amide bonds. The largest absolute Gasteiger partial charge is 0.224 e. The Bertz CT molecular complexity index is 994. The molecule has 2 aromatic carbocycles. The summed E-state index contributed by atoms with van der Waals surface area (Å²) < 4.78 is 53.4. The van der Waals surface area contributed by atoms with Gasteiger partial charge in [0.15, 0.2) is 19.7 Å². The van der Waals surface area contributed by atoms with Crippen molar-refractivity contribution in [1.29, 1.82) is 0 Å². The molecule has 160 valence electrons. The summed E-state index contributed by atoms with van der Waals surface area (Å²) >= 11 is 0. The molecule has 4 nitrogen and oxygen atoms in total. The average molecular weight is 453 g/mol. The number of hydrogen-bond acceptors (Lipinski definition) is 4. The van der Waals surface area contributed by atoms with E-state index in [-0.39, 0.29) is 21.5 Å². The molecule has 0 heterocycles. The van der Waals surface area contributed by atoms with Crippen molar-refractivity contribution < 1.29 is 16.8 Å². The van der Waals surface area contributed by atoms with Gasteiger partial charge in [0.25, 0.3) is 0 Å². The van der Waals surface area contributed by atoms with Crippen LogP contribution < -0.4 is 0 Å². The van der Waals surface area contributed by atoms with Crippen LogP contribution >= 0.6 is 0 Å². The maximum Gasteiger partial charge on any atom is 0.181 e. The number of hydrogen-bond donors (Lipinski definition) is 0. The average Bonchev–Trinajstić information content (AvgIpc) is 2.65. The topological polar surface area (TPSA) is 68.3 Å². The van der Waals surface area contributed by atoms with Crippen molar-refractivity contribution in [2.45, 2.75) is 54.6 Å². The molecule has 2 aromatic rings. The normalized spacial score (nSPS) is 15.2. The van der Waals surface area contributed by atoms with Gasteiger partial charge in [0.1, 0.15) is 0 Å². The van der Waals surface area contributed by atoms with E-state index in [0.717, 1.165) is 0 Å². The van der Waals surface area contributed by atoms with Crippen LogP contribution in [0.5, 0.6) is 0 Å². The van der Waals surface area contributed by atoms with E-state index in [9.17, 15) is 16.8 Å². The minimum absolute atomic E-state index is 0.0895. The maximum atomic E-state index is 13.6. The molecule has 2 atom stereocenters. The predicted octanol–water partition coefficient (Wildman–Crippen LogP) is 4.91. The van der Waals surface area contributed by atoms with Gasteiger partial charge in [-0.05, 0) is 42.1 Å². The van der Waals surface area contributed by atoms with E-state index in [2.05, 4.69) is 19.6 Å². The molecule has 2 rings (SSSR count). The van der Waals surface area contributed by atoms with Crippen molar-refractivity contribution >= 4 is 27.7 Å². The third-order valence-corrected chi connectivity index (χ3v) is 11.1. The predicted molar refractivity (Wildman–Crippen MR) is 122 cm³/mol. The van der Waals surface area contributed by atoms with E-state index in [1.165, 1.54) is 0 Å². The van der Waals surface area contributed by atoms with E-state index >= 15 is 0 Å². The molecule has 0 fully saturated rings. The molecule has 0 saturated carbocycles. The highest BCUT2D eigenvalue weighted by Gasteiger charge is 2.41. The zero-order valence-corrected chi connectivity index (χ0v) is 20.5. The van der Waals surface area contributed by atoms with Crippen molar-refractivity contribution in [3.8, 4) is 0 Å². The highest BCUT2D eigenvalue weighted by atomic mass is 32.2. The summed E-state index contributed by atoms with van der Waals surface area (Å²) in [6.07, 6.45) is 0. The lowest BCUT2D eigenvalue weighted by Crippen LogP contribution is -2.42. The smallest absolute Gasteiger partial charge is 0.181 e. The van der Waals surface area contributed by atoms with Crippen LogP contribution in [0.2, 0.25) is 25.7 Å². The van der Waals surface area contributed by atoms with Crippen LogP contribution in [0.1, 0.15) is 13.8 Å². The lowest BCUT2D eigenvalue weighted by Gasteiger charge is -2.33. The van der Waals surface area contributed by atoms with Crippen LogP contribution in [-0.2, 0) is 19.7 Å². The monoisotopic (exact) mass is 452 g/mol. The van der Waals surface area contributed by atoms with Crippen LogP contribution in [0, 0.1) is 11.8 Å². The first-order valence-corrected chi connectivity index (χ1v) is 16.8.